The van der Waals surface area contributed by atoms with E-state index in [9.17, 15) is 9.90 Å². The standard InChI is InChI=1S/C9H16O4/c1-9(11,8(10)12-2)7-4-3-5-13-6-7/h7,11H,3-6H2,1-2H3. The third kappa shape index (κ3) is 2.19. The maximum absolute atomic E-state index is 11.2. The summed E-state index contributed by atoms with van der Waals surface area (Å²) in [6.45, 7) is 2.63. The first-order chi connectivity index (χ1) is 6.09. The largest absolute Gasteiger partial charge is 0.467 e. The van der Waals surface area contributed by atoms with Crippen LogP contribution in [-0.4, -0.2) is 37.0 Å². The van der Waals surface area contributed by atoms with Crippen LogP contribution in [-0.2, 0) is 14.3 Å². The number of carbonyl (C=O) groups is 1. The van der Waals surface area contributed by atoms with Crippen molar-refractivity contribution in [1.82, 2.24) is 0 Å². The minimum atomic E-state index is -1.41. The molecule has 1 heterocycles. The summed E-state index contributed by atoms with van der Waals surface area (Å²) in [6, 6.07) is 0. The highest BCUT2D eigenvalue weighted by Crippen LogP contribution is 2.26. The topological polar surface area (TPSA) is 55.8 Å². The SMILES string of the molecule is COC(=O)C(C)(O)C1CCCOC1. The molecule has 76 valence electrons. The van der Waals surface area contributed by atoms with E-state index in [1.54, 1.807) is 0 Å². The van der Waals surface area contributed by atoms with Crippen LogP contribution in [0.3, 0.4) is 0 Å². The fraction of sp³-hybridized carbons (Fsp3) is 0.889. The molecule has 0 amide bonds. The molecule has 0 aromatic carbocycles. The van der Waals surface area contributed by atoms with Gasteiger partial charge in [0.1, 0.15) is 0 Å². The Bertz CT molecular complexity index is 182. The van der Waals surface area contributed by atoms with Crippen molar-refractivity contribution in [2.24, 2.45) is 5.92 Å². The maximum Gasteiger partial charge on any atom is 0.337 e. The Balaban J connectivity index is 2.60. The molecular weight excluding hydrogens is 172 g/mol. The van der Waals surface area contributed by atoms with Crippen LogP contribution in [0.5, 0.6) is 0 Å². The van der Waals surface area contributed by atoms with Gasteiger partial charge in [0, 0.05) is 12.5 Å². The maximum atomic E-state index is 11.2. The van der Waals surface area contributed by atoms with Gasteiger partial charge < -0.3 is 14.6 Å². The second-order valence-corrected chi connectivity index (χ2v) is 3.55. The Morgan fingerprint density at radius 3 is 2.85 bits per heavy atom. The summed E-state index contributed by atoms with van der Waals surface area (Å²) in [5.74, 6) is -0.725. The Hall–Kier alpha value is -0.610. The Labute approximate surface area is 77.8 Å². The Morgan fingerprint density at radius 1 is 1.69 bits per heavy atom. The molecule has 1 aliphatic heterocycles. The molecule has 4 nitrogen and oxygen atoms in total. The number of esters is 1. The van der Waals surface area contributed by atoms with Crippen molar-refractivity contribution in [3.05, 3.63) is 0 Å². The summed E-state index contributed by atoms with van der Waals surface area (Å²) in [6.07, 6.45) is 1.69. The average Bonchev–Trinajstić information content (AvgIpc) is 2.18. The molecule has 1 fully saturated rings. The van der Waals surface area contributed by atoms with Gasteiger partial charge in [0.2, 0.25) is 0 Å². The van der Waals surface area contributed by atoms with Gasteiger partial charge in [-0.05, 0) is 19.8 Å². The molecule has 1 N–H and O–H groups in total. The monoisotopic (exact) mass is 188 g/mol. The number of rotatable bonds is 2. The zero-order chi connectivity index (χ0) is 9.90. The summed E-state index contributed by atoms with van der Waals surface area (Å²) < 4.78 is 9.72. The highest BCUT2D eigenvalue weighted by molar-refractivity contribution is 5.79. The van der Waals surface area contributed by atoms with Crippen LogP contribution in [0.1, 0.15) is 19.8 Å². The third-order valence-electron chi connectivity index (χ3n) is 2.55. The predicted molar refractivity (Wildman–Crippen MR) is 46.2 cm³/mol. The molecule has 2 unspecified atom stereocenters. The van der Waals surface area contributed by atoms with Crippen molar-refractivity contribution in [3.8, 4) is 0 Å². The first kappa shape index (κ1) is 10.5. The molecule has 0 saturated carbocycles. The molecule has 1 rings (SSSR count). The number of hydrogen-bond donors (Lipinski definition) is 1. The lowest BCUT2D eigenvalue weighted by Gasteiger charge is -2.32. The fourth-order valence-corrected chi connectivity index (χ4v) is 1.56. The third-order valence-corrected chi connectivity index (χ3v) is 2.55. The zero-order valence-electron chi connectivity index (χ0n) is 8.08. The van der Waals surface area contributed by atoms with E-state index in [-0.39, 0.29) is 5.92 Å². The summed E-state index contributed by atoms with van der Waals surface area (Å²) in [7, 11) is 1.28. The fourth-order valence-electron chi connectivity index (χ4n) is 1.56. The number of methoxy groups -OCH3 is 1. The lowest BCUT2D eigenvalue weighted by Crippen LogP contribution is -2.47. The normalized spacial score (nSPS) is 27.8. The van der Waals surface area contributed by atoms with Gasteiger partial charge >= 0.3 is 5.97 Å². The highest BCUT2D eigenvalue weighted by atomic mass is 16.5. The van der Waals surface area contributed by atoms with Gasteiger partial charge in [-0.2, -0.15) is 0 Å². The lowest BCUT2D eigenvalue weighted by atomic mass is 9.85. The van der Waals surface area contributed by atoms with E-state index in [1.165, 1.54) is 14.0 Å². The predicted octanol–water partition coefficient (Wildman–Crippen LogP) is 0.337. The quantitative estimate of drug-likeness (QED) is 0.635. The summed E-state index contributed by atoms with van der Waals surface area (Å²) >= 11 is 0. The van der Waals surface area contributed by atoms with Gasteiger partial charge in [0.25, 0.3) is 0 Å². The summed E-state index contributed by atoms with van der Waals surface area (Å²) in [4.78, 5) is 11.2. The molecule has 4 heteroatoms. The average molecular weight is 188 g/mol. The summed E-state index contributed by atoms with van der Waals surface area (Å²) in [5, 5.41) is 9.85. The van der Waals surface area contributed by atoms with Crippen molar-refractivity contribution in [2.45, 2.75) is 25.4 Å². The van der Waals surface area contributed by atoms with Gasteiger partial charge in [-0.15, -0.1) is 0 Å². The van der Waals surface area contributed by atoms with Crippen molar-refractivity contribution < 1.29 is 19.4 Å². The van der Waals surface area contributed by atoms with Crippen LogP contribution >= 0.6 is 0 Å². The van der Waals surface area contributed by atoms with Crippen LogP contribution in [0.4, 0.5) is 0 Å². The Morgan fingerprint density at radius 2 is 2.38 bits per heavy atom. The van der Waals surface area contributed by atoms with E-state index < -0.39 is 11.6 Å². The molecule has 0 aromatic heterocycles. The van der Waals surface area contributed by atoms with Crippen molar-refractivity contribution in [3.63, 3.8) is 0 Å². The van der Waals surface area contributed by atoms with Crippen molar-refractivity contribution in [2.75, 3.05) is 20.3 Å². The van der Waals surface area contributed by atoms with Crippen LogP contribution in [0, 0.1) is 5.92 Å². The molecule has 1 aliphatic rings. The second kappa shape index (κ2) is 4.07. The van der Waals surface area contributed by atoms with E-state index >= 15 is 0 Å². The van der Waals surface area contributed by atoms with Crippen LogP contribution in [0.25, 0.3) is 0 Å². The minimum Gasteiger partial charge on any atom is -0.467 e. The molecule has 0 aliphatic carbocycles. The van der Waals surface area contributed by atoms with Crippen LogP contribution < -0.4 is 0 Å². The van der Waals surface area contributed by atoms with E-state index in [1.807, 2.05) is 0 Å². The van der Waals surface area contributed by atoms with E-state index in [2.05, 4.69) is 4.74 Å². The number of aliphatic hydroxyl groups is 1. The van der Waals surface area contributed by atoms with Crippen molar-refractivity contribution >= 4 is 5.97 Å². The van der Waals surface area contributed by atoms with Gasteiger partial charge in [0.15, 0.2) is 5.60 Å². The molecular formula is C9H16O4. The van der Waals surface area contributed by atoms with Crippen molar-refractivity contribution in [1.29, 1.82) is 0 Å². The Kier molecular flexibility index (Phi) is 3.27. The first-order valence-electron chi connectivity index (χ1n) is 4.47. The van der Waals surface area contributed by atoms with Gasteiger partial charge in [0.05, 0.1) is 13.7 Å². The number of ether oxygens (including phenoxy) is 2. The van der Waals surface area contributed by atoms with Crippen LogP contribution in [0.2, 0.25) is 0 Å². The molecule has 13 heavy (non-hydrogen) atoms. The van der Waals surface area contributed by atoms with Gasteiger partial charge in [-0.3, -0.25) is 0 Å². The van der Waals surface area contributed by atoms with Gasteiger partial charge in [-0.25, -0.2) is 4.79 Å². The minimum absolute atomic E-state index is 0.145. The molecule has 0 bridgehead atoms. The molecule has 0 aromatic rings. The smallest absolute Gasteiger partial charge is 0.337 e. The highest BCUT2D eigenvalue weighted by Gasteiger charge is 2.41. The zero-order valence-corrected chi connectivity index (χ0v) is 8.08. The molecule has 0 radical (unpaired) electrons. The van der Waals surface area contributed by atoms with E-state index in [0.717, 1.165) is 12.8 Å². The number of hydrogen-bond acceptors (Lipinski definition) is 4. The van der Waals surface area contributed by atoms with Crippen LogP contribution in [0.15, 0.2) is 0 Å². The second-order valence-electron chi connectivity index (χ2n) is 3.55. The number of carbonyl (C=O) groups excluding carboxylic acids is 1. The lowest BCUT2D eigenvalue weighted by molar-refractivity contribution is -0.171. The first-order valence-corrected chi connectivity index (χ1v) is 4.47. The molecule has 2 atom stereocenters. The molecule has 1 saturated heterocycles. The molecule has 0 spiro atoms. The van der Waals surface area contributed by atoms with Gasteiger partial charge in [-0.1, -0.05) is 0 Å². The van der Waals surface area contributed by atoms with E-state index in [4.69, 9.17) is 4.74 Å². The summed E-state index contributed by atoms with van der Waals surface area (Å²) in [5.41, 5.74) is -1.41. The van der Waals surface area contributed by atoms with E-state index in [0.29, 0.717) is 13.2 Å².